The first-order chi connectivity index (χ1) is 11.7. The molecule has 4 rings (SSSR count). The average Bonchev–Trinajstić information content (AvgIpc) is 3.35. The topological polar surface area (TPSA) is 59.2 Å². The van der Waals surface area contributed by atoms with E-state index in [0.29, 0.717) is 24.8 Å². The summed E-state index contributed by atoms with van der Waals surface area (Å²) in [6.07, 6.45) is 0. The highest BCUT2D eigenvalue weighted by Gasteiger charge is 2.40. The quantitative estimate of drug-likeness (QED) is 0.733. The molecule has 6 heteroatoms. The summed E-state index contributed by atoms with van der Waals surface area (Å²) in [4.78, 5) is 19.8. The molecule has 1 amide bonds. The van der Waals surface area contributed by atoms with Gasteiger partial charge in [0, 0.05) is 19.0 Å². The zero-order valence-corrected chi connectivity index (χ0v) is 14.1. The maximum Gasteiger partial charge on any atom is 0.263 e. The lowest BCUT2D eigenvalue weighted by atomic mass is 9.89. The lowest BCUT2D eigenvalue weighted by Gasteiger charge is -2.15. The second-order valence-corrected chi connectivity index (χ2v) is 6.94. The summed E-state index contributed by atoms with van der Waals surface area (Å²) in [5, 5.41) is 5.85. The van der Waals surface area contributed by atoms with Gasteiger partial charge in [-0.15, -0.1) is 11.3 Å². The standard InChI is InChI=1S/C18H17N3O2S/c1-12-19-17(23-20-12)15-11-21(18(22)16-8-5-9-24-16)10-14(15)13-6-3-2-4-7-13/h2-9,14-15H,10-11H2,1H3/t14-,15-/m0/s1. The minimum atomic E-state index is 0.0255. The molecule has 1 aromatic carbocycles. The van der Waals surface area contributed by atoms with Crippen LogP contribution in [0.15, 0.2) is 52.4 Å². The molecule has 2 atom stereocenters. The second kappa shape index (κ2) is 6.20. The summed E-state index contributed by atoms with van der Waals surface area (Å²) in [5.41, 5.74) is 1.19. The van der Waals surface area contributed by atoms with Crippen molar-refractivity contribution in [2.45, 2.75) is 18.8 Å². The van der Waals surface area contributed by atoms with Gasteiger partial charge in [-0.2, -0.15) is 4.98 Å². The van der Waals surface area contributed by atoms with Crippen LogP contribution in [0.5, 0.6) is 0 Å². The van der Waals surface area contributed by atoms with E-state index in [9.17, 15) is 4.79 Å². The largest absolute Gasteiger partial charge is 0.339 e. The number of benzene rings is 1. The lowest BCUT2D eigenvalue weighted by Crippen LogP contribution is -2.28. The Hall–Kier alpha value is -2.47. The van der Waals surface area contributed by atoms with Gasteiger partial charge in [-0.3, -0.25) is 4.79 Å². The molecule has 1 aliphatic rings. The summed E-state index contributed by atoms with van der Waals surface area (Å²) in [7, 11) is 0. The van der Waals surface area contributed by atoms with Crippen molar-refractivity contribution in [3.8, 4) is 0 Å². The Morgan fingerprint density at radius 2 is 1.96 bits per heavy atom. The van der Waals surface area contributed by atoms with Crippen LogP contribution in [0.1, 0.15) is 38.8 Å². The monoisotopic (exact) mass is 339 g/mol. The van der Waals surface area contributed by atoms with Gasteiger partial charge in [-0.05, 0) is 23.9 Å². The third-order valence-corrected chi connectivity index (χ3v) is 5.29. The summed E-state index contributed by atoms with van der Waals surface area (Å²) in [5.74, 6) is 1.50. The van der Waals surface area contributed by atoms with E-state index in [4.69, 9.17) is 4.52 Å². The maximum absolute atomic E-state index is 12.7. The molecule has 0 N–H and O–H groups in total. The van der Waals surface area contributed by atoms with Crippen LogP contribution in [0.2, 0.25) is 0 Å². The van der Waals surface area contributed by atoms with Crippen molar-refractivity contribution in [2.24, 2.45) is 0 Å². The number of thiophene rings is 1. The third-order valence-electron chi connectivity index (χ3n) is 4.43. The Balaban J connectivity index is 1.66. The van der Waals surface area contributed by atoms with Gasteiger partial charge in [0.15, 0.2) is 5.82 Å². The predicted octanol–water partition coefficient (Wildman–Crippen LogP) is 3.46. The molecule has 0 aliphatic carbocycles. The highest BCUT2D eigenvalue weighted by atomic mass is 32.1. The molecule has 3 aromatic rings. The number of carbonyl (C=O) groups is 1. The van der Waals surface area contributed by atoms with Crippen LogP contribution in [-0.2, 0) is 0 Å². The van der Waals surface area contributed by atoms with Gasteiger partial charge >= 0.3 is 0 Å². The summed E-state index contributed by atoms with van der Waals surface area (Å²) >= 11 is 1.47. The molecule has 0 unspecified atom stereocenters. The molecule has 1 fully saturated rings. The van der Waals surface area contributed by atoms with E-state index in [1.165, 1.54) is 16.9 Å². The van der Waals surface area contributed by atoms with Gasteiger partial charge in [-0.1, -0.05) is 41.6 Å². The lowest BCUT2D eigenvalue weighted by molar-refractivity contribution is 0.0793. The number of aryl methyl sites for hydroxylation is 1. The SMILES string of the molecule is Cc1noc([C@H]2CN(C(=O)c3cccs3)C[C@H]2c2ccccc2)n1. The molecular weight excluding hydrogens is 322 g/mol. The van der Waals surface area contributed by atoms with Crippen molar-refractivity contribution in [1.29, 1.82) is 0 Å². The van der Waals surface area contributed by atoms with E-state index in [0.717, 1.165) is 4.88 Å². The van der Waals surface area contributed by atoms with Crippen LogP contribution in [0.3, 0.4) is 0 Å². The van der Waals surface area contributed by atoms with Crippen LogP contribution >= 0.6 is 11.3 Å². The van der Waals surface area contributed by atoms with Gasteiger partial charge in [0.1, 0.15) is 0 Å². The number of rotatable bonds is 3. The van der Waals surface area contributed by atoms with Gasteiger partial charge in [0.25, 0.3) is 5.91 Å². The Labute approximate surface area is 143 Å². The predicted molar refractivity (Wildman–Crippen MR) is 91.2 cm³/mol. The summed E-state index contributed by atoms with van der Waals surface area (Å²) < 4.78 is 5.42. The highest BCUT2D eigenvalue weighted by Crippen LogP contribution is 2.39. The first-order valence-electron chi connectivity index (χ1n) is 7.90. The van der Waals surface area contributed by atoms with Crippen LogP contribution in [0.4, 0.5) is 0 Å². The van der Waals surface area contributed by atoms with Crippen LogP contribution in [-0.4, -0.2) is 34.0 Å². The van der Waals surface area contributed by atoms with Crippen molar-refractivity contribution < 1.29 is 9.32 Å². The number of aromatic nitrogens is 2. The van der Waals surface area contributed by atoms with Crippen molar-refractivity contribution in [3.63, 3.8) is 0 Å². The molecule has 0 radical (unpaired) electrons. The number of nitrogens with zero attached hydrogens (tertiary/aromatic N) is 3. The van der Waals surface area contributed by atoms with E-state index < -0.39 is 0 Å². The van der Waals surface area contributed by atoms with E-state index >= 15 is 0 Å². The maximum atomic E-state index is 12.7. The first-order valence-corrected chi connectivity index (χ1v) is 8.78. The third kappa shape index (κ3) is 2.73. The Morgan fingerprint density at radius 1 is 1.17 bits per heavy atom. The minimum absolute atomic E-state index is 0.0255. The van der Waals surface area contributed by atoms with E-state index in [1.807, 2.05) is 47.5 Å². The fourth-order valence-electron chi connectivity index (χ4n) is 3.28. The van der Waals surface area contributed by atoms with Crippen molar-refractivity contribution in [2.75, 3.05) is 13.1 Å². The van der Waals surface area contributed by atoms with Crippen LogP contribution in [0, 0.1) is 6.92 Å². The molecule has 0 spiro atoms. The molecule has 0 saturated carbocycles. The van der Waals surface area contributed by atoms with Gasteiger partial charge in [0.2, 0.25) is 5.89 Å². The number of amides is 1. The second-order valence-electron chi connectivity index (χ2n) is 5.99. The Bertz CT molecular complexity index is 829. The first kappa shape index (κ1) is 15.1. The minimum Gasteiger partial charge on any atom is -0.339 e. The van der Waals surface area contributed by atoms with Crippen molar-refractivity contribution in [3.05, 3.63) is 70.0 Å². The van der Waals surface area contributed by atoms with E-state index in [2.05, 4.69) is 22.3 Å². The number of likely N-dealkylation sites (tertiary alicyclic amines) is 1. The smallest absolute Gasteiger partial charge is 0.263 e. The number of hydrogen-bond donors (Lipinski definition) is 0. The summed E-state index contributed by atoms with van der Waals surface area (Å²) in [6.45, 7) is 3.07. The fraction of sp³-hybridized carbons (Fsp3) is 0.278. The molecule has 5 nitrogen and oxygen atoms in total. The van der Waals surface area contributed by atoms with Crippen LogP contribution in [0.25, 0.3) is 0 Å². The van der Waals surface area contributed by atoms with Crippen LogP contribution < -0.4 is 0 Å². The number of hydrogen-bond acceptors (Lipinski definition) is 5. The molecule has 0 bridgehead atoms. The Morgan fingerprint density at radius 3 is 2.62 bits per heavy atom. The number of carbonyl (C=O) groups excluding carboxylic acids is 1. The fourth-order valence-corrected chi connectivity index (χ4v) is 3.97. The normalized spacial score (nSPS) is 20.5. The highest BCUT2D eigenvalue weighted by molar-refractivity contribution is 7.12. The molecule has 1 saturated heterocycles. The van der Waals surface area contributed by atoms with Gasteiger partial charge in [-0.25, -0.2) is 0 Å². The molecule has 1 aliphatic heterocycles. The molecular formula is C18H17N3O2S. The molecule has 122 valence electrons. The van der Waals surface area contributed by atoms with E-state index in [1.54, 1.807) is 0 Å². The average molecular weight is 339 g/mol. The zero-order chi connectivity index (χ0) is 16.5. The molecule has 2 aromatic heterocycles. The molecule has 24 heavy (non-hydrogen) atoms. The van der Waals surface area contributed by atoms with Gasteiger partial charge < -0.3 is 9.42 Å². The van der Waals surface area contributed by atoms with Gasteiger partial charge in [0.05, 0.1) is 10.8 Å². The van der Waals surface area contributed by atoms with E-state index in [-0.39, 0.29) is 17.7 Å². The van der Waals surface area contributed by atoms with Crippen molar-refractivity contribution in [1.82, 2.24) is 15.0 Å². The molecule has 3 heterocycles. The Kier molecular flexibility index (Phi) is 3.90. The zero-order valence-electron chi connectivity index (χ0n) is 13.3. The summed E-state index contributed by atoms with van der Waals surface area (Å²) in [6, 6.07) is 14.0. The van der Waals surface area contributed by atoms with Crippen molar-refractivity contribution >= 4 is 17.2 Å².